The summed E-state index contributed by atoms with van der Waals surface area (Å²) in [5, 5.41) is 3.37. The fraction of sp³-hybridized carbons (Fsp3) is 1.00. The normalized spacial score (nSPS) is 32.6. The van der Waals surface area contributed by atoms with Crippen LogP contribution >= 0.6 is 0 Å². The van der Waals surface area contributed by atoms with E-state index >= 15 is 0 Å². The number of hydrogen-bond acceptors (Lipinski definition) is 2. The van der Waals surface area contributed by atoms with Crippen molar-refractivity contribution in [2.24, 2.45) is 17.3 Å². The second-order valence-corrected chi connectivity index (χ2v) is 6.34. The van der Waals surface area contributed by atoms with E-state index in [1.54, 1.807) is 0 Å². The maximum atomic E-state index is 3.37. The molecule has 3 fully saturated rings. The Hall–Kier alpha value is -0.0800. The van der Waals surface area contributed by atoms with E-state index in [1.165, 1.54) is 58.4 Å². The first kappa shape index (κ1) is 10.1. The predicted molar refractivity (Wildman–Crippen MR) is 62.9 cm³/mol. The zero-order valence-electron chi connectivity index (χ0n) is 9.97. The van der Waals surface area contributed by atoms with Crippen LogP contribution in [0.3, 0.4) is 0 Å². The molecule has 1 spiro atoms. The molecule has 1 aliphatic carbocycles. The monoisotopic (exact) mass is 208 g/mol. The van der Waals surface area contributed by atoms with Gasteiger partial charge >= 0.3 is 0 Å². The Morgan fingerprint density at radius 3 is 2.33 bits per heavy atom. The van der Waals surface area contributed by atoms with Crippen LogP contribution in [0.25, 0.3) is 0 Å². The van der Waals surface area contributed by atoms with Crippen molar-refractivity contribution in [1.82, 2.24) is 10.2 Å². The number of nitrogens with zero attached hydrogens (tertiary/aromatic N) is 1. The number of rotatable bonds is 2. The minimum Gasteiger partial charge on any atom is -0.316 e. The molecule has 2 heterocycles. The zero-order valence-corrected chi connectivity index (χ0v) is 9.97. The summed E-state index contributed by atoms with van der Waals surface area (Å²) in [4.78, 5) is 2.71. The van der Waals surface area contributed by atoms with E-state index in [9.17, 15) is 0 Å². The quantitative estimate of drug-likeness (QED) is 0.743. The third kappa shape index (κ3) is 1.94. The van der Waals surface area contributed by atoms with Gasteiger partial charge in [-0.25, -0.2) is 0 Å². The molecular weight excluding hydrogens is 184 g/mol. The molecule has 1 N–H and O–H groups in total. The van der Waals surface area contributed by atoms with Gasteiger partial charge in [0.1, 0.15) is 0 Å². The minimum absolute atomic E-state index is 0.799. The summed E-state index contributed by atoms with van der Waals surface area (Å²) in [5.74, 6) is 1.98. The maximum absolute atomic E-state index is 3.37. The molecule has 2 nitrogen and oxygen atoms in total. The molecule has 0 aromatic heterocycles. The van der Waals surface area contributed by atoms with Crippen LogP contribution < -0.4 is 5.32 Å². The summed E-state index contributed by atoms with van der Waals surface area (Å²) < 4.78 is 0. The highest BCUT2D eigenvalue weighted by atomic mass is 15.1. The van der Waals surface area contributed by atoms with Crippen molar-refractivity contribution in [2.75, 3.05) is 32.7 Å². The Bertz CT molecular complexity index is 219. The Labute approximate surface area is 93.4 Å². The summed E-state index contributed by atoms with van der Waals surface area (Å²) >= 11 is 0. The minimum atomic E-state index is 0.799. The first-order valence-electron chi connectivity index (χ1n) is 6.69. The fourth-order valence-electron chi connectivity index (χ4n) is 3.88. The van der Waals surface area contributed by atoms with Gasteiger partial charge in [-0.2, -0.15) is 0 Å². The zero-order chi connectivity index (χ0) is 10.3. The van der Waals surface area contributed by atoms with Gasteiger partial charge in [0.05, 0.1) is 0 Å². The van der Waals surface area contributed by atoms with Crippen LogP contribution in [0.5, 0.6) is 0 Å². The average molecular weight is 208 g/mol. The smallest absolute Gasteiger partial charge is 0.00340 e. The third-order valence-corrected chi connectivity index (χ3v) is 4.86. The van der Waals surface area contributed by atoms with Gasteiger partial charge in [0, 0.05) is 19.6 Å². The van der Waals surface area contributed by atoms with Crippen LogP contribution in [0, 0.1) is 17.3 Å². The summed E-state index contributed by atoms with van der Waals surface area (Å²) in [5.41, 5.74) is 0.799. The number of piperidine rings is 1. The number of nitrogens with one attached hydrogen (secondary N) is 1. The van der Waals surface area contributed by atoms with Gasteiger partial charge in [-0.1, -0.05) is 6.92 Å². The lowest BCUT2D eigenvalue weighted by molar-refractivity contribution is -0.0114. The highest BCUT2D eigenvalue weighted by Gasteiger charge is 2.43. The van der Waals surface area contributed by atoms with Crippen LogP contribution in [-0.4, -0.2) is 37.6 Å². The van der Waals surface area contributed by atoms with Gasteiger partial charge in [-0.3, -0.25) is 0 Å². The van der Waals surface area contributed by atoms with Gasteiger partial charge in [0.25, 0.3) is 0 Å². The molecular formula is C13H24N2. The van der Waals surface area contributed by atoms with E-state index in [2.05, 4.69) is 17.1 Å². The van der Waals surface area contributed by atoms with Crippen LogP contribution in [-0.2, 0) is 0 Å². The largest absolute Gasteiger partial charge is 0.316 e. The van der Waals surface area contributed by atoms with E-state index in [0.717, 1.165) is 17.3 Å². The number of likely N-dealkylation sites (tertiary alicyclic amines) is 1. The molecule has 2 aliphatic heterocycles. The lowest BCUT2D eigenvalue weighted by atomic mass is 9.58. The molecule has 15 heavy (non-hydrogen) atoms. The van der Waals surface area contributed by atoms with Gasteiger partial charge in [0.2, 0.25) is 0 Å². The van der Waals surface area contributed by atoms with Gasteiger partial charge in [0.15, 0.2) is 0 Å². The first-order chi connectivity index (χ1) is 7.26. The molecule has 3 rings (SSSR count). The van der Waals surface area contributed by atoms with Crippen molar-refractivity contribution in [1.29, 1.82) is 0 Å². The Kier molecular flexibility index (Phi) is 2.52. The molecule has 86 valence electrons. The van der Waals surface area contributed by atoms with E-state index < -0.39 is 0 Å². The second kappa shape index (κ2) is 3.74. The van der Waals surface area contributed by atoms with E-state index in [-0.39, 0.29) is 0 Å². The lowest BCUT2D eigenvalue weighted by Crippen LogP contribution is -2.52. The summed E-state index contributed by atoms with van der Waals surface area (Å²) in [7, 11) is 0. The average Bonchev–Trinajstić information content (AvgIpc) is 2.12. The molecule has 0 bridgehead atoms. The van der Waals surface area contributed by atoms with Crippen LogP contribution in [0.2, 0.25) is 0 Å². The topological polar surface area (TPSA) is 15.3 Å². The number of hydrogen-bond donors (Lipinski definition) is 1. The molecule has 3 aliphatic rings. The molecule has 0 amide bonds. The van der Waals surface area contributed by atoms with Crippen molar-refractivity contribution < 1.29 is 0 Å². The second-order valence-electron chi connectivity index (χ2n) is 6.34. The molecule has 0 radical (unpaired) electrons. The van der Waals surface area contributed by atoms with E-state index in [1.807, 2.05) is 0 Å². The van der Waals surface area contributed by atoms with Crippen LogP contribution in [0.1, 0.15) is 32.6 Å². The molecule has 0 aromatic rings. The lowest BCUT2D eigenvalue weighted by Gasteiger charge is -2.52. The Morgan fingerprint density at radius 1 is 1.20 bits per heavy atom. The Balaban J connectivity index is 1.44. The molecule has 2 heteroatoms. The maximum Gasteiger partial charge on any atom is 0.00340 e. The van der Waals surface area contributed by atoms with Crippen molar-refractivity contribution in [2.45, 2.75) is 32.6 Å². The third-order valence-electron chi connectivity index (χ3n) is 4.86. The van der Waals surface area contributed by atoms with E-state index in [4.69, 9.17) is 0 Å². The van der Waals surface area contributed by atoms with Crippen LogP contribution in [0.15, 0.2) is 0 Å². The van der Waals surface area contributed by atoms with Gasteiger partial charge < -0.3 is 10.2 Å². The van der Waals surface area contributed by atoms with Gasteiger partial charge in [-0.05, 0) is 56.0 Å². The fourth-order valence-corrected chi connectivity index (χ4v) is 3.88. The first-order valence-corrected chi connectivity index (χ1v) is 6.69. The SMILES string of the molecule is CC1CC2(CCN(CC3CNC3)CC2)C1. The Morgan fingerprint density at radius 2 is 1.87 bits per heavy atom. The van der Waals surface area contributed by atoms with Crippen molar-refractivity contribution in [3.63, 3.8) is 0 Å². The summed E-state index contributed by atoms with van der Waals surface area (Å²) in [6.07, 6.45) is 6.01. The van der Waals surface area contributed by atoms with E-state index in [0.29, 0.717) is 0 Å². The van der Waals surface area contributed by atoms with Crippen LogP contribution in [0.4, 0.5) is 0 Å². The van der Waals surface area contributed by atoms with Gasteiger partial charge in [-0.15, -0.1) is 0 Å². The summed E-state index contributed by atoms with van der Waals surface area (Å²) in [6.45, 7) is 9.06. The molecule has 1 saturated carbocycles. The van der Waals surface area contributed by atoms with Crippen molar-refractivity contribution in [3.05, 3.63) is 0 Å². The van der Waals surface area contributed by atoms with Crippen molar-refractivity contribution >= 4 is 0 Å². The standard InChI is InChI=1S/C13H24N2/c1-11-6-13(7-11)2-4-15(5-3-13)10-12-8-14-9-12/h11-12,14H,2-10H2,1H3. The summed E-state index contributed by atoms with van der Waals surface area (Å²) in [6, 6.07) is 0. The molecule has 0 unspecified atom stereocenters. The molecule has 0 atom stereocenters. The highest BCUT2D eigenvalue weighted by molar-refractivity contribution is 4.96. The molecule has 2 saturated heterocycles. The van der Waals surface area contributed by atoms with Crippen molar-refractivity contribution in [3.8, 4) is 0 Å². The molecule has 0 aromatic carbocycles. The highest BCUT2D eigenvalue weighted by Crippen LogP contribution is 2.52. The predicted octanol–water partition coefficient (Wildman–Crippen LogP) is 1.72.